The second-order valence-corrected chi connectivity index (χ2v) is 2.95. The Morgan fingerprint density at radius 1 is 1.27 bits per heavy atom. The zero-order valence-electron chi connectivity index (χ0n) is 7.05. The van der Waals surface area contributed by atoms with Gasteiger partial charge in [-0.3, -0.25) is 0 Å². The molecule has 2 nitrogen and oxygen atoms in total. The average molecular weight is 181 g/mol. The van der Waals surface area contributed by atoms with E-state index in [4.69, 9.17) is 21.4 Å². The number of rotatable bonds is 7. The summed E-state index contributed by atoms with van der Waals surface area (Å²) in [6.45, 7) is 2.28. The highest BCUT2D eigenvalue weighted by molar-refractivity contribution is 6.17. The number of alkyl halides is 1. The fourth-order valence-electron chi connectivity index (χ4n) is 0.804. The topological polar surface area (TPSA) is 29.5 Å². The van der Waals surface area contributed by atoms with Gasteiger partial charge in [-0.1, -0.05) is 12.8 Å². The van der Waals surface area contributed by atoms with Gasteiger partial charge in [0.25, 0.3) is 0 Å². The number of aliphatic hydroxyl groups excluding tert-OH is 1. The number of hydrogen-bond donors (Lipinski definition) is 1. The summed E-state index contributed by atoms with van der Waals surface area (Å²) in [5.41, 5.74) is 0. The van der Waals surface area contributed by atoms with Gasteiger partial charge < -0.3 is 9.84 Å². The van der Waals surface area contributed by atoms with E-state index in [1.807, 2.05) is 0 Å². The molecule has 0 aromatic heterocycles. The van der Waals surface area contributed by atoms with Crippen molar-refractivity contribution in [3.05, 3.63) is 0 Å². The molecule has 0 rings (SSSR count). The van der Waals surface area contributed by atoms with Crippen molar-refractivity contribution in [1.29, 1.82) is 0 Å². The molecule has 1 unspecified atom stereocenters. The summed E-state index contributed by atoms with van der Waals surface area (Å²) in [7, 11) is 0. The van der Waals surface area contributed by atoms with Crippen LogP contribution >= 0.6 is 11.6 Å². The molecule has 0 amide bonds. The van der Waals surface area contributed by atoms with Gasteiger partial charge in [0.1, 0.15) is 0 Å². The largest absolute Gasteiger partial charge is 0.368 e. The highest BCUT2D eigenvalue weighted by Gasteiger charge is 1.93. The van der Waals surface area contributed by atoms with Crippen molar-refractivity contribution >= 4 is 11.6 Å². The minimum absolute atomic E-state index is 0.622. The Labute approximate surface area is 73.5 Å². The van der Waals surface area contributed by atoms with Crippen LogP contribution in [0.5, 0.6) is 0 Å². The van der Waals surface area contributed by atoms with Crippen molar-refractivity contribution in [3.63, 3.8) is 0 Å². The Balaban J connectivity index is 2.80. The second kappa shape index (κ2) is 8.31. The third-order valence-electron chi connectivity index (χ3n) is 1.39. The van der Waals surface area contributed by atoms with Gasteiger partial charge in [0.05, 0.1) is 0 Å². The Morgan fingerprint density at radius 2 is 1.91 bits per heavy atom. The van der Waals surface area contributed by atoms with E-state index in [9.17, 15) is 0 Å². The van der Waals surface area contributed by atoms with E-state index >= 15 is 0 Å². The minimum atomic E-state index is -0.622. The van der Waals surface area contributed by atoms with E-state index in [1.165, 1.54) is 0 Å². The molecule has 0 aromatic carbocycles. The summed E-state index contributed by atoms with van der Waals surface area (Å²) < 4.78 is 4.94. The first-order valence-corrected chi connectivity index (χ1v) is 4.66. The number of halogens is 1. The summed E-state index contributed by atoms with van der Waals surface area (Å²) in [5, 5.41) is 8.71. The molecule has 0 fully saturated rings. The summed E-state index contributed by atoms with van der Waals surface area (Å²) >= 11 is 5.49. The fraction of sp³-hybridized carbons (Fsp3) is 1.00. The molecule has 0 aliphatic heterocycles. The van der Waals surface area contributed by atoms with Crippen LogP contribution in [0.3, 0.4) is 0 Å². The molecule has 0 aromatic rings. The molecule has 68 valence electrons. The Bertz CT molecular complexity index is 76.5. The molecular formula is C8H17ClO2. The first kappa shape index (κ1) is 11.2. The standard InChI is InChI=1S/C8H17ClO2/c1-8(10)11-7-5-3-2-4-6-9/h8,10H,2-7H2,1H3. The average Bonchev–Trinajstić information content (AvgIpc) is 1.96. The van der Waals surface area contributed by atoms with Gasteiger partial charge in [0, 0.05) is 12.5 Å². The lowest BCUT2D eigenvalue weighted by molar-refractivity contribution is -0.0859. The molecule has 0 heterocycles. The number of ether oxygens (including phenoxy) is 1. The van der Waals surface area contributed by atoms with Crippen LogP contribution in [0.4, 0.5) is 0 Å². The maximum Gasteiger partial charge on any atom is 0.151 e. The smallest absolute Gasteiger partial charge is 0.151 e. The molecule has 0 radical (unpaired) electrons. The van der Waals surface area contributed by atoms with Gasteiger partial charge in [-0.05, 0) is 19.8 Å². The van der Waals surface area contributed by atoms with Gasteiger partial charge >= 0.3 is 0 Å². The Morgan fingerprint density at radius 3 is 2.45 bits per heavy atom. The number of unbranched alkanes of at least 4 members (excludes halogenated alkanes) is 3. The first-order chi connectivity index (χ1) is 5.27. The molecular weight excluding hydrogens is 164 g/mol. The van der Waals surface area contributed by atoms with Crippen molar-refractivity contribution in [2.75, 3.05) is 12.5 Å². The molecule has 0 saturated heterocycles. The third kappa shape index (κ3) is 10.2. The maximum atomic E-state index is 8.71. The normalized spacial score (nSPS) is 13.4. The molecule has 1 N–H and O–H groups in total. The van der Waals surface area contributed by atoms with E-state index in [2.05, 4.69) is 0 Å². The van der Waals surface area contributed by atoms with Crippen molar-refractivity contribution in [3.8, 4) is 0 Å². The fourth-order valence-corrected chi connectivity index (χ4v) is 0.993. The zero-order valence-corrected chi connectivity index (χ0v) is 7.81. The van der Waals surface area contributed by atoms with Crippen LogP contribution in [0.1, 0.15) is 32.6 Å². The van der Waals surface area contributed by atoms with Crippen LogP contribution < -0.4 is 0 Å². The number of hydrogen-bond acceptors (Lipinski definition) is 2. The Hall–Kier alpha value is 0.210. The van der Waals surface area contributed by atoms with E-state index in [1.54, 1.807) is 6.92 Å². The van der Waals surface area contributed by atoms with Crippen LogP contribution in [0, 0.1) is 0 Å². The summed E-state index contributed by atoms with van der Waals surface area (Å²) in [6, 6.07) is 0. The molecule has 3 heteroatoms. The highest BCUT2D eigenvalue weighted by atomic mass is 35.5. The van der Waals surface area contributed by atoms with Crippen LogP contribution in [-0.4, -0.2) is 23.9 Å². The van der Waals surface area contributed by atoms with Gasteiger partial charge in [-0.2, -0.15) is 0 Å². The van der Waals surface area contributed by atoms with Gasteiger partial charge in [-0.15, -0.1) is 11.6 Å². The molecule has 0 aliphatic carbocycles. The summed E-state index contributed by atoms with van der Waals surface area (Å²) in [4.78, 5) is 0. The van der Waals surface area contributed by atoms with Crippen LogP contribution in [-0.2, 0) is 4.74 Å². The lowest BCUT2D eigenvalue weighted by atomic mass is 10.2. The van der Waals surface area contributed by atoms with Gasteiger partial charge in [0.15, 0.2) is 6.29 Å². The Kier molecular flexibility index (Phi) is 8.47. The minimum Gasteiger partial charge on any atom is -0.368 e. The van der Waals surface area contributed by atoms with Crippen molar-refractivity contribution in [2.24, 2.45) is 0 Å². The maximum absolute atomic E-state index is 8.71. The van der Waals surface area contributed by atoms with Gasteiger partial charge in [0.2, 0.25) is 0 Å². The van der Waals surface area contributed by atoms with E-state index in [0.29, 0.717) is 6.61 Å². The molecule has 0 saturated carbocycles. The van der Waals surface area contributed by atoms with Crippen LogP contribution in [0.2, 0.25) is 0 Å². The van der Waals surface area contributed by atoms with Crippen LogP contribution in [0.25, 0.3) is 0 Å². The zero-order chi connectivity index (χ0) is 8.53. The predicted octanol–water partition coefficient (Wildman–Crippen LogP) is 2.14. The molecule has 0 bridgehead atoms. The lowest BCUT2D eigenvalue weighted by Gasteiger charge is -2.05. The van der Waals surface area contributed by atoms with Crippen molar-refractivity contribution < 1.29 is 9.84 Å². The quantitative estimate of drug-likeness (QED) is 0.370. The van der Waals surface area contributed by atoms with E-state index < -0.39 is 6.29 Å². The van der Waals surface area contributed by atoms with Gasteiger partial charge in [-0.25, -0.2) is 0 Å². The molecule has 11 heavy (non-hydrogen) atoms. The lowest BCUT2D eigenvalue weighted by Crippen LogP contribution is -2.07. The third-order valence-corrected chi connectivity index (χ3v) is 1.65. The molecule has 0 aliphatic rings. The molecule has 1 atom stereocenters. The predicted molar refractivity (Wildman–Crippen MR) is 46.8 cm³/mol. The first-order valence-electron chi connectivity index (χ1n) is 4.13. The summed E-state index contributed by atoms with van der Waals surface area (Å²) in [6.07, 6.45) is 3.77. The van der Waals surface area contributed by atoms with Crippen LogP contribution in [0.15, 0.2) is 0 Å². The monoisotopic (exact) mass is 180 g/mol. The summed E-state index contributed by atoms with van der Waals surface area (Å²) in [5.74, 6) is 0.747. The van der Waals surface area contributed by atoms with E-state index in [-0.39, 0.29) is 0 Å². The SMILES string of the molecule is CC(O)OCCCCCCCl. The second-order valence-electron chi connectivity index (χ2n) is 2.57. The van der Waals surface area contributed by atoms with Crippen molar-refractivity contribution in [2.45, 2.75) is 38.9 Å². The molecule has 0 spiro atoms. The highest BCUT2D eigenvalue weighted by Crippen LogP contribution is 2.01. The number of aliphatic hydroxyl groups is 1. The van der Waals surface area contributed by atoms with E-state index in [0.717, 1.165) is 31.6 Å². The van der Waals surface area contributed by atoms with Crippen molar-refractivity contribution in [1.82, 2.24) is 0 Å².